The van der Waals surface area contributed by atoms with E-state index in [9.17, 15) is 26.3 Å². The molecule has 0 spiro atoms. The lowest BCUT2D eigenvalue weighted by molar-refractivity contribution is -0.0847. The van der Waals surface area contributed by atoms with Crippen molar-refractivity contribution in [3.8, 4) is 0 Å². The molecule has 8 unspecified atom stereocenters. The van der Waals surface area contributed by atoms with Crippen LogP contribution in [0, 0.1) is 35.5 Å². The number of hydrogen-bond acceptors (Lipinski definition) is 0. The molecule has 0 heterocycles. The van der Waals surface area contributed by atoms with E-state index in [1.165, 1.54) is 0 Å². The lowest BCUT2D eigenvalue weighted by Gasteiger charge is -2.46. The quantitative estimate of drug-likeness (QED) is 0.455. The molecule has 3 saturated carbocycles. The standard InChI is InChI=1S/C21H32F6/c1-11-3-8-15(19(24)17(11)22)16-10-9-14(18(23)20(16)25)12-4-6-13(7-5-12)21(2,26)27/h11-20H,3-10H2,1-2H3. The van der Waals surface area contributed by atoms with E-state index in [0.717, 1.165) is 6.92 Å². The van der Waals surface area contributed by atoms with Crippen molar-refractivity contribution in [1.29, 1.82) is 0 Å². The molecule has 0 aromatic heterocycles. The first kappa shape index (κ1) is 21.3. The molecule has 3 fully saturated rings. The van der Waals surface area contributed by atoms with Gasteiger partial charge in [0.05, 0.1) is 0 Å². The lowest BCUT2D eigenvalue weighted by Crippen LogP contribution is -2.49. The van der Waals surface area contributed by atoms with Crippen LogP contribution in [-0.2, 0) is 0 Å². The predicted octanol–water partition coefficient (Wildman–Crippen LogP) is 6.87. The highest BCUT2D eigenvalue weighted by atomic mass is 19.3. The molecule has 158 valence electrons. The molecule has 0 amide bonds. The molecular weight excluding hydrogens is 366 g/mol. The van der Waals surface area contributed by atoms with Crippen LogP contribution in [0.4, 0.5) is 26.3 Å². The Morgan fingerprint density at radius 2 is 1.04 bits per heavy atom. The topological polar surface area (TPSA) is 0 Å². The Morgan fingerprint density at radius 3 is 1.59 bits per heavy atom. The van der Waals surface area contributed by atoms with E-state index in [1.54, 1.807) is 6.92 Å². The van der Waals surface area contributed by atoms with Crippen LogP contribution in [0.3, 0.4) is 0 Å². The second-order valence-corrected chi connectivity index (χ2v) is 9.47. The first-order valence-corrected chi connectivity index (χ1v) is 10.5. The van der Waals surface area contributed by atoms with Crippen LogP contribution < -0.4 is 0 Å². The Morgan fingerprint density at radius 1 is 0.593 bits per heavy atom. The number of hydrogen-bond donors (Lipinski definition) is 0. The van der Waals surface area contributed by atoms with Crippen LogP contribution in [0.1, 0.15) is 65.2 Å². The van der Waals surface area contributed by atoms with Crippen molar-refractivity contribution in [2.45, 2.75) is 95.8 Å². The summed E-state index contributed by atoms with van der Waals surface area (Å²) in [5.74, 6) is -5.87. The summed E-state index contributed by atoms with van der Waals surface area (Å²) in [5, 5.41) is 0. The summed E-state index contributed by atoms with van der Waals surface area (Å²) in [4.78, 5) is 0. The minimum Gasteiger partial charge on any atom is -0.244 e. The average molecular weight is 398 g/mol. The minimum absolute atomic E-state index is 0.0840. The van der Waals surface area contributed by atoms with Gasteiger partial charge >= 0.3 is 0 Å². The van der Waals surface area contributed by atoms with E-state index >= 15 is 0 Å². The zero-order valence-corrected chi connectivity index (χ0v) is 16.2. The average Bonchev–Trinajstić information content (AvgIpc) is 2.62. The maximum absolute atomic E-state index is 14.9. The van der Waals surface area contributed by atoms with Gasteiger partial charge in [0.15, 0.2) is 0 Å². The summed E-state index contributed by atoms with van der Waals surface area (Å²) in [7, 11) is 0. The van der Waals surface area contributed by atoms with Gasteiger partial charge in [0, 0.05) is 5.92 Å². The monoisotopic (exact) mass is 398 g/mol. The molecule has 0 aliphatic heterocycles. The molecule has 3 aliphatic carbocycles. The Bertz CT molecular complexity index is 484. The molecule has 6 heteroatoms. The van der Waals surface area contributed by atoms with Crippen LogP contribution in [-0.4, -0.2) is 30.6 Å². The number of rotatable bonds is 3. The molecular formula is C21H32F6. The van der Waals surface area contributed by atoms with E-state index in [1.807, 2.05) is 0 Å². The molecule has 0 aromatic carbocycles. The van der Waals surface area contributed by atoms with Crippen molar-refractivity contribution in [3.05, 3.63) is 0 Å². The fraction of sp³-hybridized carbons (Fsp3) is 1.00. The van der Waals surface area contributed by atoms with E-state index in [-0.39, 0.29) is 11.8 Å². The largest absolute Gasteiger partial charge is 0.248 e. The highest BCUT2D eigenvalue weighted by Crippen LogP contribution is 2.50. The fourth-order valence-electron chi connectivity index (χ4n) is 5.95. The van der Waals surface area contributed by atoms with Gasteiger partial charge in [-0.25, -0.2) is 26.3 Å². The van der Waals surface area contributed by atoms with Gasteiger partial charge in [-0.1, -0.05) is 6.92 Å². The molecule has 0 saturated heterocycles. The minimum atomic E-state index is -2.72. The van der Waals surface area contributed by atoms with E-state index in [4.69, 9.17) is 0 Å². The SMILES string of the molecule is CC1CCC(C2CCC(C3CCC(C(C)(F)F)CC3)C(F)C2F)C(F)C1F. The van der Waals surface area contributed by atoms with Crippen LogP contribution in [0.15, 0.2) is 0 Å². The molecule has 0 nitrogen and oxygen atoms in total. The Labute approximate surface area is 158 Å². The molecule has 0 N–H and O–H groups in total. The fourth-order valence-corrected chi connectivity index (χ4v) is 5.95. The zero-order valence-electron chi connectivity index (χ0n) is 16.2. The number of alkyl halides is 6. The normalized spacial score (nSPS) is 49.8. The van der Waals surface area contributed by atoms with Crippen molar-refractivity contribution in [2.24, 2.45) is 35.5 Å². The smallest absolute Gasteiger partial charge is 0.244 e. The summed E-state index contributed by atoms with van der Waals surface area (Å²) < 4.78 is 85.3. The van der Waals surface area contributed by atoms with Crippen molar-refractivity contribution in [1.82, 2.24) is 0 Å². The molecule has 3 rings (SSSR count). The highest BCUT2D eigenvalue weighted by molar-refractivity contribution is 4.99. The first-order valence-electron chi connectivity index (χ1n) is 10.5. The Balaban J connectivity index is 1.59. The molecule has 0 aromatic rings. The van der Waals surface area contributed by atoms with Gasteiger partial charge in [-0.3, -0.25) is 0 Å². The third kappa shape index (κ3) is 4.29. The summed E-state index contributed by atoms with van der Waals surface area (Å²) in [6, 6.07) is 0. The Hall–Kier alpha value is -0.420. The maximum atomic E-state index is 14.9. The van der Waals surface area contributed by atoms with E-state index < -0.39 is 54.3 Å². The molecule has 0 bridgehead atoms. The highest BCUT2D eigenvalue weighted by Gasteiger charge is 2.51. The van der Waals surface area contributed by atoms with Crippen LogP contribution in [0.2, 0.25) is 0 Å². The molecule has 3 aliphatic rings. The van der Waals surface area contributed by atoms with Crippen molar-refractivity contribution in [3.63, 3.8) is 0 Å². The van der Waals surface area contributed by atoms with Crippen molar-refractivity contribution >= 4 is 0 Å². The van der Waals surface area contributed by atoms with Gasteiger partial charge in [-0.05, 0) is 87.9 Å². The van der Waals surface area contributed by atoms with Gasteiger partial charge in [0.1, 0.15) is 24.7 Å². The first-order chi connectivity index (χ1) is 12.6. The second kappa shape index (κ2) is 8.14. The van der Waals surface area contributed by atoms with Crippen molar-refractivity contribution in [2.75, 3.05) is 0 Å². The number of halogens is 6. The third-order valence-corrected chi connectivity index (χ3v) is 7.81. The van der Waals surface area contributed by atoms with E-state index in [0.29, 0.717) is 51.4 Å². The molecule has 0 radical (unpaired) electrons. The Kier molecular flexibility index (Phi) is 6.42. The molecule has 27 heavy (non-hydrogen) atoms. The van der Waals surface area contributed by atoms with Crippen molar-refractivity contribution < 1.29 is 26.3 Å². The summed E-state index contributed by atoms with van der Waals surface area (Å²) >= 11 is 0. The summed E-state index contributed by atoms with van der Waals surface area (Å²) in [6.45, 7) is 2.58. The lowest BCUT2D eigenvalue weighted by atomic mass is 9.63. The third-order valence-electron chi connectivity index (χ3n) is 7.81. The van der Waals surface area contributed by atoms with Crippen LogP contribution >= 0.6 is 0 Å². The van der Waals surface area contributed by atoms with Gasteiger partial charge in [-0.15, -0.1) is 0 Å². The maximum Gasteiger partial charge on any atom is 0.248 e. The van der Waals surface area contributed by atoms with Crippen LogP contribution in [0.25, 0.3) is 0 Å². The van der Waals surface area contributed by atoms with Gasteiger partial charge in [0.2, 0.25) is 5.92 Å². The van der Waals surface area contributed by atoms with Crippen LogP contribution in [0.5, 0.6) is 0 Å². The second-order valence-electron chi connectivity index (χ2n) is 9.47. The van der Waals surface area contributed by atoms with Gasteiger partial charge in [0.25, 0.3) is 0 Å². The molecule has 8 atom stereocenters. The predicted molar refractivity (Wildman–Crippen MR) is 93.8 cm³/mol. The summed E-state index contributed by atoms with van der Waals surface area (Å²) in [5.41, 5.74) is 0. The summed E-state index contributed by atoms with van der Waals surface area (Å²) in [6.07, 6.45) is -3.40. The zero-order chi connectivity index (χ0) is 19.9. The van der Waals surface area contributed by atoms with Gasteiger partial charge in [-0.2, -0.15) is 0 Å². The van der Waals surface area contributed by atoms with Gasteiger partial charge < -0.3 is 0 Å². The van der Waals surface area contributed by atoms with E-state index in [2.05, 4.69) is 0 Å².